The average Bonchev–Trinajstić information content (AvgIpc) is 2.99. The van der Waals surface area contributed by atoms with Crippen LogP contribution in [0.5, 0.6) is 0 Å². The van der Waals surface area contributed by atoms with Gasteiger partial charge in [-0.15, -0.1) is 11.3 Å². The largest absolute Gasteiger partial charge is 0.466 e. The van der Waals surface area contributed by atoms with Crippen LogP contribution in [0, 0.1) is 20.8 Å². The molecule has 0 spiro atoms. The van der Waals surface area contributed by atoms with Crippen molar-refractivity contribution in [1.82, 2.24) is 10.2 Å². The summed E-state index contributed by atoms with van der Waals surface area (Å²) in [6.45, 7) is 6.21. The molecule has 2 heterocycles. The Balaban J connectivity index is 2.09. The van der Waals surface area contributed by atoms with E-state index in [2.05, 4.69) is 21.7 Å². The highest BCUT2D eigenvalue weighted by Gasteiger charge is 2.21. The minimum absolute atomic E-state index is 0.0646. The molecule has 4 nitrogen and oxygen atoms in total. The summed E-state index contributed by atoms with van der Waals surface area (Å²) in [7, 11) is 4.05. The van der Waals surface area contributed by atoms with E-state index in [0.29, 0.717) is 17.9 Å². The SMILES string of the molecule is Cc1oc(C)c(C(=O)NCC(c2cccs2)N(C)C)c1C. The van der Waals surface area contributed by atoms with Crippen molar-refractivity contribution in [1.29, 1.82) is 0 Å². The van der Waals surface area contributed by atoms with Crippen molar-refractivity contribution in [2.45, 2.75) is 26.8 Å². The summed E-state index contributed by atoms with van der Waals surface area (Å²) in [6.07, 6.45) is 0. The topological polar surface area (TPSA) is 45.5 Å². The van der Waals surface area contributed by atoms with Crippen LogP contribution in [0.25, 0.3) is 0 Å². The van der Waals surface area contributed by atoms with Gasteiger partial charge in [-0.05, 0) is 46.3 Å². The van der Waals surface area contributed by atoms with Crippen LogP contribution >= 0.6 is 11.3 Å². The van der Waals surface area contributed by atoms with E-state index < -0.39 is 0 Å². The summed E-state index contributed by atoms with van der Waals surface area (Å²) >= 11 is 1.71. The average molecular weight is 306 g/mol. The van der Waals surface area contributed by atoms with Crippen LogP contribution < -0.4 is 5.32 Å². The van der Waals surface area contributed by atoms with Gasteiger partial charge in [0.2, 0.25) is 0 Å². The number of amides is 1. The molecule has 0 aliphatic heterocycles. The Hall–Kier alpha value is -1.59. The standard InChI is InChI=1S/C16H22N2O2S/c1-10-11(2)20-12(3)15(10)16(19)17-9-13(18(4)5)14-7-6-8-21-14/h6-8,13H,9H2,1-5H3,(H,17,19). The second kappa shape index (κ2) is 6.45. The minimum atomic E-state index is -0.0646. The maximum absolute atomic E-state index is 12.4. The van der Waals surface area contributed by atoms with Crippen LogP contribution in [0.15, 0.2) is 21.9 Å². The van der Waals surface area contributed by atoms with Gasteiger partial charge < -0.3 is 14.6 Å². The zero-order chi connectivity index (χ0) is 15.6. The zero-order valence-electron chi connectivity index (χ0n) is 13.2. The normalized spacial score (nSPS) is 12.7. The number of nitrogens with one attached hydrogen (secondary N) is 1. The van der Waals surface area contributed by atoms with Crippen molar-refractivity contribution in [3.05, 3.63) is 45.0 Å². The second-order valence-electron chi connectivity index (χ2n) is 5.42. The van der Waals surface area contributed by atoms with E-state index in [-0.39, 0.29) is 11.9 Å². The number of carbonyl (C=O) groups is 1. The number of likely N-dealkylation sites (N-methyl/N-ethyl adjacent to an activating group) is 1. The van der Waals surface area contributed by atoms with E-state index in [1.54, 1.807) is 11.3 Å². The number of aryl methyl sites for hydroxylation is 2. The van der Waals surface area contributed by atoms with Crippen molar-refractivity contribution in [2.24, 2.45) is 0 Å². The molecule has 114 valence electrons. The van der Waals surface area contributed by atoms with Crippen molar-refractivity contribution in [3.63, 3.8) is 0 Å². The number of nitrogens with zero attached hydrogens (tertiary/aromatic N) is 1. The highest BCUT2D eigenvalue weighted by molar-refractivity contribution is 7.10. The Morgan fingerprint density at radius 3 is 2.52 bits per heavy atom. The molecule has 1 N–H and O–H groups in total. The molecule has 1 atom stereocenters. The molecule has 0 saturated carbocycles. The Morgan fingerprint density at radius 1 is 1.33 bits per heavy atom. The maximum Gasteiger partial charge on any atom is 0.255 e. The highest BCUT2D eigenvalue weighted by Crippen LogP contribution is 2.23. The van der Waals surface area contributed by atoms with Crippen molar-refractivity contribution in [3.8, 4) is 0 Å². The molecular weight excluding hydrogens is 284 g/mol. The molecule has 0 bridgehead atoms. The van der Waals surface area contributed by atoms with Gasteiger partial charge in [0.1, 0.15) is 11.5 Å². The van der Waals surface area contributed by atoms with Crippen LogP contribution in [-0.4, -0.2) is 31.4 Å². The number of hydrogen-bond donors (Lipinski definition) is 1. The first-order valence-electron chi connectivity index (χ1n) is 6.96. The van der Waals surface area contributed by atoms with Crippen LogP contribution in [-0.2, 0) is 0 Å². The predicted octanol–water partition coefficient (Wildman–Crippen LogP) is 3.30. The molecule has 0 aromatic carbocycles. The summed E-state index contributed by atoms with van der Waals surface area (Å²) < 4.78 is 5.52. The Bertz CT molecular complexity index is 615. The van der Waals surface area contributed by atoms with E-state index in [1.165, 1.54) is 4.88 Å². The summed E-state index contributed by atoms with van der Waals surface area (Å²) in [6, 6.07) is 4.31. The monoisotopic (exact) mass is 306 g/mol. The van der Waals surface area contributed by atoms with E-state index in [4.69, 9.17) is 4.42 Å². The van der Waals surface area contributed by atoms with Gasteiger partial charge in [-0.3, -0.25) is 4.79 Å². The van der Waals surface area contributed by atoms with E-state index in [9.17, 15) is 4.79 Å². The van der Waals surface area contributed by atoms with E-state index in [0.717, 1.165) is 11.3 Å². The fourth-order valence-electron chi connectivity index (χ4n) is 2.42. The molecule has 1 unspecified atom stereocenters. The van der Waals surface area contributed by atoms with Gasteiger partial charge in [0.25, 0.3) is 5.91 Å². The first-order chi connectivity index (χ1) is 9.91. The Labute approximate surface area is 129 Å². The summed E-state index contributed by atoms with van der Waals surface area (Å²) in [5.41, 5.74) is 1.58. The van der Waals surface area contributed by atoms with Crippen LogP contribution in [0.3, 0.4) is 0 Å². The van der Waals surface area contributed by atoms with Gasteiger partial charge in [0.05, 0.1) is 11.6 Å². The third-order valence-electron chi connectivity index (χ3n) is 3.74. The summed E-state index contributed by atoms with van der Waals surface area (Å²) in [4.78, 5) is 15.8. The van der Waals surface area contributed by atoms with Crippen LogP contribution in [0.4, 0.5) is 0 Å². The molecule has 0 saturated heterocycles. The van der Waals surface area contributed by atoms with Crippen molar-refractivity contribution in [2.75, 3.05) is 20.6 Å². The molecule has 0 fully saturated rings. The lowest BCUT2D eigenvalue weighted by Gasteiger charge is -2.23. The van der Waals surface area contributed by atoms with E-state index in [1.807, 2.05) is 40.9 Å². The van der Waals surface area contributed by atoms with Gasteiger partial charge in [-0.25, -0.2) is 0 Å². The molecule has 2 aromatic rings. The summed E-state index contributed by atoms with van der Waals surface area (Å²) in [5, 5.41) is 5.09. The first kappa shape index (κ1) is 15.8. The molecule has 0 radical (unpaired) electrons. The number of carbonyl (C=O) groups excluding carboxylic acids is 1. The predicted molar refractivity (Wildman–Crippen MR) is 86.0 cm³/mol. The number of furan rings is 1. The van der Waals surface area contributed by atoms with Crippen LogP contribution in [0.1, 0.15) is 38.4 Å². The fourth-order valence-corrected chi connectivity index (χ4v) is 3.35. The highest BCUT2D eigenvalue weighted by atomic mass is 32.1. The Morgan fingerprint density at radius 2 is 2.05 bits per heavy atom. The summed E-state index contributed by atoms with van der Waals surface area (Å²) in [5.74, 6) is 1.42. The number of rotatable bonds is 5. The second-order valence-corrected chi connectivity index (χ2v) is 6.40. The van der Waals surface area contributed by atoms with Gasteiger partial charge in [0, 0.05) is 17.0 Å². The van der Waals surface area contributed by atoms with Gasteiger partial charge >= 0.3 is 0 Å². The smallest absolute Gasteiger partial charge is 0.255 e. The lowest BCUT2D eigenvalue weighted by Crippen LogP contribution is -2.34. The number of hydrogen-bond acceptors (Lipinski definition) is 4. The fraction of sp³-hybridized carbons (Fsp3) is 0.438. The van der Waals surface area contributed by atoms with Gasteiger partial charge in [-0.1, -0.05) is 6.07 Å². The third kappa shape index (κ3) is 3.36. The maximum atomic E-state index is 12.4. The molecule has 0 aliphatic rings. The molecule has 21 heavy (non-hydrogen) atoms. The number of thiophene rings is 1. The van der Waals surface area contributed by atoms with Crippen molar-refractivity contribution < 1.29 is 9.21 Å². The lowest BCUT2D eigenvalue weighted by molar-refractivity contribution is 0.0940. The molecular formula is C16H22N2O2S. The molecule has 1 amide bonds. The lowest BCUT2D eigenvalue weighted by atomic mass is 10.1. The Kier molecular flexibility index (Phi) is 4.85. The quantitative estimate of drug-likeness (QED) is 0.922. The molecule has 2 rings (SSSR count). The van der Waals surface area contributed by atoms with Gasteiger partial charge in [-0.2, -0.15) is 0 Å². The van der Waals surface area contributed by atoms with E-state index >= 15 is 0 Å². The third-order valence-corrected chi connectivity index (χ3v) is 4.71. The van der Waals surface area contributed by atoms with Crippen molar-refractivity contribution >= 4 is 17.2 Å². The molecule has 5 heteroatoms. The zero-order valence-corrected chi connectivity index (χ0v) is 14.0. The van der Waals surface area contributed by atoms with Gasteiger partial charge in [0.15, 0.2) is 0 Å². The van der Waals surface area contributed by atoms with Crippen LogP contribution in [0.2, 0.25) is 0 Å². The molecule has 0 aliphatic carbocycles. The first-order valence-corrected chi connectivity index (χ1v) is 7.84. The minimum Gasteiger partial charge on any atom is -0.466 e. The molecule has 2 aromatic heterocycles.